The van der Waals surface area contributed by atoms with Crippen molar-refractivity contribution in [2.75, 3.05) is 14.1 Å². The van der Waals surface area contributed by atoms with Crippen molar-refractivity contribution in [2.24, 2.45) is 0 Å². The summed E-state index contributed by atoms with van der Waals surface area (Å²) < 4.78 is 2.04. The van der Waals surface area contributed by atoms with Crippen LogP contribution < -0.4 is 28.5 Å². The maximum atomic E-state index is 3.65. The van der Waals surface area contributed by atoms with E-state index in [-0.39, 0.29) is 24.0 Å². The fourth-order valence-electron chi connectivity index (χ4n) is 2.95. The highest BCUT2D eigenvalue weighted by Crippen LogP contribution is 2.46. The zero-order valence-electron chi connectivity index (χ0n) is 11.6. The maximum Gasteiger partial charge on any atom is 0.145 e. The van der Waals surface area contributed by atoms with E-state index in [0.717, 1.165) is 4.48 Å². The number of nitrogens with zero attached hydrogens (tertiary/aromatic N) is 1. The van der Waals surface area contributed by atoms with Crippen LogP contribution in [0.15, 0.2) is 40.5 Å². The quantitative estimate of drug-likeness (QED) is 0.443. The number of quaternary nitrogens is 1. The largest absolute Gasteiger partial charge is 1.00 e. The van der Waals surface area contributed by atoms with Gasteiger partial charge in [-0.05, 0) is 29.8 Å². The smallest absolute Gasteiger partial charge is 0.145 e. The number of benzene rings is 2. The van der Waals surface area contributed by atoms with Gasteiger partial charge in [0.05, 0.1) is 19.7 Å². The number of hydrogen-bond acceptors (Lipinski definition) is 0. The fourth-order valence-corrected chi connectivity index (χ4v) is 3.45. The molecule has 0 amide bonds. The van der Waals surface area contributed by atoms with Crippen molar-refractivity contribution in [3.05, 3.63) is 46.1 Å². The van der Waals surface area contributed by atoms with Gasteiger partial charge in [-0.1, -0.05) is 28.1 Å². The summed E-state index contributed by atoms with van der Waals surface area (Å²) in [5, 5.41) is 2.65. The highest BCUT2D eigenvalue weighted by molar-refractivity contribution is 9.10. The van der Waals surface area contributed by atoms with Gasteiger partial charge in [0.25, 0.3) is 0 Å². The van der Waals surface area contributed by atoms with E-state index in [1.54, 1.807) is 0 Å². The van der Waals surface area contributed by atoms with Crippen LogP contribution in [0.1, 0.15) is 19.4 Å². The van der Waals surface area contributed by atoms with Crippen LogP contribution in [0.4, 0.5) is 5.69 Å². The highest BCUT2D eigenvalue weighted by Gasteiger charge is 2.35. The molecule has 3 heteroatoms. The van der Waals surface area contributed by atoms with E-state index in [0.29, 0.717) is 0 Å². The van der Waals surface area contributed by atoms with E-state index in [9.17, 15) is 0 Å². The van der Waals surface area contributed by atoms with Crippen molar-refractivity contribution >= 4 is 38.0 Å². The van der Waals surface area contributed by atoms with Crippen LogP contribution in [0.2, 0.25) is 0 Å². The second kappa shape index (κ2) is 4.86. The minimum absolute atomic E-state index is 0. The van der Waals surface area contributed by atoms with Gasteiger partial charge in [0.2, 0.25) is 0 Å². The molecule has 0 radical (unpaired) electrons. The molecule has 0 fully saturated rings. The standard InChI is InChI=1S/C16H17BrN.HI/c1-10-11(2)18(3,4)15-9-8-12-13(16(10)15)6-5-7-14(12)17;/h5-9H,1-4H3;1H/q+1;/p-1. The molecular formula is C16H17BrIN. The van der Waals surface area contributed by atoms with Crippen molar-refractivity contribution in [1.82, 2.24) is 4.48 Å². The molecule has 100 valence electrons. The third kappa shape index (κ3) is 1.98. The molecule has 19 heavy (non-hydrogen) atoms. The van der Waals surface area contributed by atoms with Crippen LogP contribution in [0.3, 0.4) is 0 Å². The molecule has 0 N–H and O–H groups in total. The van der Waals surface area contributed by atoms with Gasteiger partial charge in [-0.15, -0.1) is 0 Å². The Morgan fingerprint density at radius 1 is 0.947 bits per heavy atom. The molecule has 1 heterocycles. The third-order valence-electron chi connectivity index (χ3n) is 4.34. The van der Waals surface area contributed by atoms with E-state index in [1.807, 2.05) is 0 Å². The van der Waals surface area contributed by atoms with E-state index in [1.165, 1.54) is 37.8 Å². The Kier molecular flexibility index (Phi) is 3.84. The summed E-state index contributed by atoms with van der Waals surface area (Å²) in [6.45, 7) is 4.47. The number of allylic oxidation sites excluding steroid dienone is 2. The van der Waals surface area contributed by atoms with Gasteiger partial charge in [0, 0.05) is 23.0 Å². The van der Waals surface area contributed by atoms with Crippen LogP contribution in [-0.2, 0) is 0 Å². The van der Waals surface area contributed by atoms with Gasteiger partial charge in [-0.2, -0.15) is 0 Å². The summed E-state index contributed by atoms with van der Waals surface area (Å²) in [5.74, 6) is 0. The summed E-state index contributed by atoms with van der Waals surface area (Å²) in [5.41, 5.74) is 5.66. The molecule has 2 aromatic carbocycles. The molecule has 1 nitrogen and oxygen atoms in total. The van der Waals surface area contributed by atoms with Gasteiger partial charge >= 0.3 is 0 Å². The van der Waals surface area contributed by atoms with Gasteiger partial charge in [0.1, 0.15) is 11.4 Å². The second-order valence-corrected chi connectivity index (χ2v) is 6.31. The Morgan fingerprint density at radius 3 is 2.32 bits per heavy atom. The normalized spacial score (nSPS) is 16.5. The first kappa shape index (κ1) is 15.0. The van der Waals surface area contributed by atoms with E-state index >= 15 is 0 Å². The summed E-state index contributed by atoms with van der Waals surface area (Å²) >= 11 is 3.65. The Bertz CT molecular complexity index is 701. The maximum absolute atomic E-state index is 3.65. The van der Waals surface area contributed by atoms with Crippen LogP contribution in [0.25, 0.3) is 16.3 Å². The lowest BCUT2D eigenvalue weighted by atomic mass is 9.99. The lowest BCUT2D eigenvalue weighted by Crippen LogP contribution is -3.00. The highest BCUT2D eigenvalue weighted by atomic mass is 127. The SMILES string of the molecule is CC1=C(C)[N+](C)(C)c2ccc3c(Br)cccc3c21.[I-]. The summed E-state index contributed by atoms with van der Waals surface area (Å²) in [7, 11) is 4.52. The van der Waals surface area contributed by atoms with Gasteiger partial charge in [-0.25, -0.2) is 0 Å². The third-order valence-corrected chi connectivity index (χ3v) is 5.04. The zero-order valence-corrected chi connectivity index (χ0v) is 15.3. The Hall–Kier alpha value is -0.390. The van der Waals surface area contributed by atoms with Crippen molar-refractivity contribution < 1.29 is 24.0 Å². The molecule has 3 rings (SSSR count). The van der Waals surface area contributed by atoms with Gasteiger partial charge in [-0.3, -0.25) is 4.48 Å². The van der Waals surface area contributed by atoms with Crippen molar-refractivity contribution in [3.63, 3.8) is 0 Å². The molecule has 0 spiro atoms. The zero-order chi connectivity index (χ0) is 13.1. The van der Waals surface area contributed by atoms with Crippen LogP contribution in [0, 0.1) is 0 Å². The molecule has 1 aliphatic heterocycles. The average Bonchev–Trinajstić information content (AvgIpc) is 2.52. The molecule has 0 aromatic heterocycles. The predicted molar refractivity (Wildman–Crippen MR) is 83.6 cm³/mol. The second-order valence-electron chi connectivity index (χ2n) is 5.46. The Morgan fingerprint density at radius 2 is 1.63 bits per heavy atom. The molecule has 1 aliphatic rings. The summed E-state index contributed by atoms with van der Waals surface area (Å²) in [6, 6.07) is 10.9. The first-order valence-electron chi connectivity index (χ1n) is 6.19. The fraction of sp³-hybridized carbons (Fsp3) is 0.250. The minimum atomic E-state index is 0. The lowest BCUT2D eigenvalue weighted by molar-refractivity contribution is -0.00000362. The minimum Gasteiger partial charge on any atom is -1.00 e. The summed E-state index contributed by atoms with van der Waals surface area (Å²) in [4.78, 5) is 0. The van der Waals surface area contributed by atoms with Gasteiger partial charge < -0.3 is 24.0 Å². The van der Waals surface area contributed by atoms with Crippen LogP contribution in [-0.4, -0.2) is 14.1 Å². The molecule has 0 saturated heterocycles. The van der Waals surface area contributed by atoms with Crippen LogP contribution in [0.5, 0.6) is 0 Å². The molecule has 2 aromatic rings. The van der Waals surface area contributed by atoms with Crippen molar-refractivity contribution in [2.45, 2.75) is 13.8 Å². The Balaban J connectivity index is 0.00000133. The predicted octanol–water partition coefficient (Wildman–Crippen LogP) is 1.94. The molecule has 0 atom stereocenters. The first-order chi connectivity index (χ1) is 8.44. The number of halogens is 2. The number of hydrogen-bond donors (Lipinski definition) is 0. The van der Waals surface area contributed by atoms with E-state index in [2.05, 4.69) is 74.2 Å². The average molecular weight is 430 g/mol. The lowest BCUT2D eigenvalue weighted by Gasteiger charge is -2.26. The van der Waals surface area contributed by atoms with Crippen LogP contribution >= 0.6 is 15.9 Å². The molecule has 0 aliphatic carbocycles. The molecule has 0 unspecified atom stereocenters. The van der Waals surface area contributed by atoms with Crippen molar-refractivity contribution in [3.8, 4) is 0 Å². The molecular weight excluding hydrogens is 413 g/mol. The number of rotatable bonds is 0. The first-order valence-corrected chi connectivity index (χ1v) is 6.98. The Labute approximate surface area is 140 Å². The number of fused-ring (bicyclic) bond motifs is 3. The van der Waals surface area contributed by atoms with Gasteiger partial charge in [0.15, 0.2) is 0 Å². The molecule has 0 bridgehead atoms. The monoisotopic (exact) mass is 429 g/mol. The van der Waals surface area contributed by atoms with E-state index in [4.69, 9.17) is 0 Å². The van der Waals surface area contributed by atoms with E-state index < -0.39 is 0 Å². The molecule has 0 saturated carbocycles. The topological polar surface area (TPSA) is 0 Å². The summed E-state index contributed by atoms with van der Waals surface area (Å²) in [6.07, 6.45) is 0. The van der Waals surface area contributed by atoms with Crippen molar-refractivity contribution in [1.29, 1.82) is 0 Å².